The molecule has 8 heteroatoms. The Morgan fingerprint density at radius 2 is 2.06 bits per heavy atom. The first-order chi connectivity index (χ1) is 8.30. The van der Waals surface area contributed by atoms with Crippen LogP contribution in [0.25, 0.3) is 0 Å². The Bertz CT molecular complexity index is 432. The lowest BCUT2D eigenvalue weighted by Gasteiger charge is -2.31. The van der Waals surface area contributed by atoms with E-state index in [2.05, 4.69) is 4.74 Å². The molecule has 0 spiro atoms. The molecule has 0 aromatic heterocycles. The van der Waals surface area contributed by atoms with E-state index in [9.17, 15) is 18.0 Å². The molecule has 0 aliphatic carbocycles. The highest BCUT2D eigenvalue weighted by atomic mass is 32.2. The van der Waals surface area contributed by atoms with Crippen molar-refractivity contribution in [2.45, 2.75) is 25.0 Å². The van der Waals surface area contributed by atoms with Crippen LogP contribution in [0.1, 0.15) is 19.8 Å². The molecule has 0 aromatic carbocycles. The van der Waals surface area contributed by atoms with E-state index in [1.807, 2.05) is 0 Å². The lowest BCUT2D eigenvalue weighted by molar-refractivity contribution is -0.142. The molecule has 0 bridgehead atoms. The third-order valence-corrected chi connectivity index (χ3v) is 5.21. The molecule has 18 heavy (non-hydrogen) atoms. The van der Waals surface area contributed by atoms with Gasteiger partial charge >= 0.3 is 11.9 Å². The number of carboxylic acids is 1. The highest BCUT2D eigenvalue weighted by Gasteiger charge is 2.38. The zero-order valence-electron chi connectivity index (χ0n) is 10.3. The van der Waals surface area contributed by atoms with Crippen LogP contribution in [-0.2, 0) is 24.3 Å². The molecule has 0 amide bonds. The molecule has 1 unspecified atom stereocenters. The van der Waals surface area contributed by atoms with Crippen molar-refractivity contribution in [3.63, 3.8) is 0 Å². The third-order valence-electron chi connectivity index (χ3n) is 3.07. The Kier molecular flexibility index (Phi) is 4.69. The minimum absolute atomic E-state index is 0.0843. The smallest absolute Gasteiger partial charge is 0.325 e. The summed E-state index contributed by atoms with van der Waals surface area (Å²) in [6.07, 6.45) is 0.929. The average Bonchev–Trinajstić information content (AvgIpc) is 2.36. The minimum atomic E-state index is -3.84. The zero-order chi connectivity index (χ0) is 13.9. The summed E-state index contributed by atoms with van der Waals surface area (Å²) < 4.78 is 29.6. The molecular formula is C10H17NO6S. The monoisotopic (exact) mass is 279 g/mol. The molecule has 0 radical (unpaired) electrons. The van der Waals surface area contributed by atoms with Gasteiger partial charge in [0.25, 0.3) is 0 Å². The fourth-order valence-corrected chi connectivity index (χ4v) is 3.44. The van der Waals surface area contributed by atoms with Crippen LogP contribution in [0.15, 0.2) is 0 Å². The van der Waals surface area contributed by atoms with Crippen LogP contribution >= 0.6 is 0 Å². The Morgan fingerprint density at radius 3 is 2.56 bits per heavy atom. The molecule has 1 saturated heterocycles. The summed E-state index contributed by atoms with van der Waals surface area (Å²) in [5.74, 6) is -2.56. The van der Waals surface area contributed by atoms with E-state index in [1.165, 1.54) is 6.92 Å². The number of carbonyl (C=O) groups excluding carboxylic acids is 1. The van der Waals surface area contributed by atoms with Crippen molar-refractivity contribution in [1.29, 1.82) is 0 Å². The number of esters is 1. The predicted molar refractivity (Wildman–Crippen MR) is 62.3 cm³/mol. The first-order valence-electron chi connectivity index (χ1n) is 5.60. The van der Waals surface area contributed by atoms with Crippen molar-refractivity contribution in [2.24, 2.45) is 5.92 Å². The van der Waals surface area contributed by atoms with Crippen molar-refractivity contribution in [3.05, 3.63) is 0 Å². The maximum atomic E-state index is 12.1. The summed E-state index contributed by atoms with van der Waals surface area (Å²) in [4.78, 5) is 22.1. The Labute approximate surface area is 106 Å². The van der Waals surface area contributed by atoms with Crippen LogP contribution in [0.4, 0.5) is 0 Å². The number of ether oxygens (including phenoxy) is 1. The second-order valence-corrected chi connectivity index (χ2v) is 6.50. The van der Waals surface area contributed by atoms with Crippen LogP contribution in [0.3, 0.4) is 0 Å². The van der Waals surface area contributed by atoms with Crippen molar-refractivity contribution in [3.8, 4) is 0 Å². The van der Waals surface area contributed by atoms with Gasteiger partial charge < -0.3 is 9.84 Å². The van der Waals surface area contributed by atoms with E-state index < -0.39 is 33.1 Å². The fourth-order valence-electron chi connectivity index (χ4n) is 1.89. The Hall–Kier alpha value is -1.15. The van der Waals surface area contributed by atoms with Gasteiger partial charge in [-0.1, -0.05) is 0 Å². The van der Waals surface area contributed by atoms with Gasteiger partial charge in [-0.05, 0) is 19.8 Å². The van der Waals surface area contributed by atoms with Crippen LogP contribution < -0.4 is 0 Å². The van der Waals surface area contributed by atoms with Gasteiger partial charge in [-0.3, -0.25) is 9.59 Å². The van der Waals surface area contributed by atoms with E-state index in [1.54, 1.807) is 0 Å². The fraction of sp³-hybridized carbons (Fsp3) is 0.800. The van der Waals surface area contributed by atoms with Gasteiger partial charge in [0.1, 0.15) is 0 Å². The topological polar surface area (TPSA) is 101 Å². The summed E-state index contributed by atoms with van der Waals surface area (Å²) in [6, 6.07) is 0. The van der Waals surface area contributed by atoms with Gasteiger partial charge in [-0.2, -0.15) is 0 Å². The average molecular weight is 279 g/mol. The molecule has 0 saturated carbocycles. The van der Waals surface area contributed by atoms with E-state index in [4.69, 9.17) is 5.11 Å². The van der Waals surface area contributed by atoms with Gasteiger partial charge in [0, 0.05) is 13.1 Å². The largest absolute Gasteiger partial charge is 0.481 e. The molecule has 1 aliphatic rings. The molecule has 1 heterocycles. The van der Waals surface area contributed by atoms with Gasteiger partial charge in [-0.15, -0.1) is 0 Å². The normalized spacial score (nSPS) is 23.3. The number of hydrogen-bond acceptors (Lipinski definition) is 5. The zero-order valence-corrected chi connectivity index (χ0v) is 11.1. The number of hydrogen-bond donors (Lipinski definition) is 1. The third kappa shape index (κ3) is 2.99. The molecule has 2 atom stereocenters. The molecule has 1 rings (SSSR count). The molecular weight excluding hydrogens is 262 g/mol. The molecule has 104 valence electrons. The number of nitrogens with zero attached hydrogens (tertiary/aromatic N) is 1. The molecule has 1 aliphatic heterocycles. The van der Waals surface area contributed by atoms with Crippen LogP contribution in [0.5, 0.6) is 0 Å². The number of carbonyl (C=O) groups is 2. The Balaban J connectivity index is 2.85. The summed E-state index contributed by atoms with van der Waals surface area (Å²) in [5.41, 5.74) is 0. The van der Waals surface area contributed by atoms with Crippen molar-refractivity contribution < 1.29 is 27.9 Å². The van der Waals surface area contributed by atoms with Gasteiger partial charge in [0.2, 0.25) is 10.0 Å². The van der Waals surface area contributed by atoms with E-state index >= 15 is 0 Å². The van der Waals surface area contributed by atoms with Crippen molar-refractivity contribution in [2.75, 3.05) is 20.2 Å². The summed E-state index contributed by atoms with van der Waals surface area (Å²) in [6.45, 7) is 1.40. The molecule has 1 fully saturated rings. The summed E-state index contributed by atoms with van der Waals surface area (Å²) in [7, 11) is -2.73. The number of aliphatic carboxylic acids is 1. The molecule has 1 N–H and O–H groups in total. The standard InChI is InChI=1S/C10H17NO6S/c1-7(10(14)17-2)18(15,16)11-5-3-4-8(6-11)9(12)13/h7-8H,3-6H2,1-2H3,(H,12,13)/t7?,8-/m0/s1. The van der Waals surface area contributed by atoms with Crippen molar-refractivity contribution in [1.82, 2.24) is 4.31 Å². The SMILES string of the molecule is COC(=O)C(C)S(=O)(=O)N1CCC[C@H](C(=O)O)C1. The molecule has 0 aromatic rings. The minimum Gasteiger partial charge on any atom is -0.481 e. The van der Waals surface area contributed by atoms with Crippen molar-refractivity contribution >= 4 is 22.0 Å². The van der Waals surface area contributed by atoms with Crippen LogP contribution in [0.2, 0.25) is 0 Å². The number of sulfonamides is 1. The van der Waals surface area contributed by atoms with Gasteiger partial charge in [-0.25, -0.2) is 12.7 Å². The summed E-state index contributed by atoms with van der Waals surface area (Å²) in [5, 5.41) is 7.59. The highest BCUT2D eigenvalue weighted by molar-refractivity contribution is 7.90. The second-order valence-electron chi connectivity index (χ2n) is 4.25. The lowest BCUT2D eigenvalue weighted by Crippen LogP contribution is -2.47. The number of rotatable bonds is 4. The number of carboxylic acid groups (broad SMARTS) is 1. The Morgan fingerprint density at radius 1 is 1.44 bits per heavy atom. The first kappa shape index (κ1) is 14.9. The summed E-state index contributed by atoms with van der Waals surface area (Å²) >= 11 is 0. The highest BCUT2D eigenvalue weighted by Crippen LogP contribution is 2.21. The predicted octanol–water partition coefficient (Wildman–Crippen LogP) is -0.326. The van der Waals surface area contributed by atoms with Gasteiger partial charge in [0.05, 0.1) is 13.0 Å². The maximum absolute atomic E-state index is 12.1. The van der Waals surface area contributed by atoms with E-state index in [0.717, 1.165) is 11.4 Å². The number of methoxy groups -OCH3 is 1. The van der Waals surface area contributed by atoms with Crippen LogP contribution in [-0.4, -0.2) is 55.2 Å². The second kappa shape index (κ2) is 5.66. The van der Waals surface area contributed by atoms with Gasteiger partial charge in [0.15, 0.2) is 5.25 Å². The number of piperidine rings is 1. The lowest BCUT2D eigenvalue weighted by atomic mass is 10.0. The molecule has 7 nitrogen and oxygen atoms in total. The van der Waals surface area contributed by atoms with E-state index in [-0.39, 0.29) is 13.1 Å². The maximum Gasteiger partial charge on any atom is 0.325 e. The van der Waals surface area contributed by atoms with E-state index in [0.29, 0.717) is 12.8 Å². The quantitative estimate of drug-likeness (QED) is 0.707. The van der Waals surface area contributed by atoms with Crippen LogP contribution in [0, 0.1) is 5.92 Å². The first-order valence-corrected chi connectivity index (χ1v) is 7.10.